The van der Waals surface area contributed by atoms with Crippen molar-refractivity contribution in [3.8, 4) is 5.75 Å². The van der Waals surface area contributed by atoms with Gasteiger partial charge >= 0.3 is 0 Å². The number of nitrogens with one attached hydrogen (secondary N) is 1. The molecule has 2 N–H and O–H groups in total. The van der Waals surface area contributed by atoms with Gasteiger partial charge < -0.3 is 15.3 Å². The Hall–Kier alpha value is -1.22. The number of anilines is 1. The lowest BCUT2D eigenvalue weighted by atomic mass is 10.0. The molecule has 1 fully saturated rings. The van der Waals surface area contributed by atoms with E-state index < -0.39 is 0 Å². The van der Waals surface area contributed by atoms with Crippen LogP contribution in [0.2, 0.25) is 0 Å². The summed E-state index contributed by atoms with van der Waals surface area (Å²) in [5.74, 6) is 1.08. The van der Waals surface area contributed by atoms with Crippen molar-refractivity contribution in [3.05, 3.63) is 24.3 Å². The van der Waals surface area contributed by atoms with Crippen molar-refractivity contribution in [2.24, 2.45) is 5.92 Å². The molecule has 0 aliphatic carbocycles. The zero-order valence-electron chi connectivity index (χ0n) is 11.4. The zero-order chi connectivity index (χ0) is 13.0. The van der Waals surface area contributed by atoms with E-state index in [-0.39, 0.29) is 0 Å². The fraction of sp³-hybridized carbons (Fsp3) is 0.600. The predicted molar refractivity (Wildman–Crippen MR) is 76.0 cm³/mol. The van der Waals surface area contributed by atoms with Crippen molar-refractivity contribution in [1.29, 1.82) is 0 Å². The van der Waals surface area contributed by atoms with Gasteiger partial charge in [0.2, 0.25) is 0 Å². The van der Waals surface area contributed by atoms with Crippen LogP contribution < -0.4 is 5.32 Å². The minimum Gasteiger partial charge on any atom is -0.508 e. The van der Waals surface area contributed by atoms with Crippen LogP contribution in [0.4, 0.5) is 5.69 Å². The van der Waals surface area contributed by atoms with Crippen LogP contribution in [-0.2, 0) is 0 Å². The highest BCUT2D eigenvalue weighted by Crippen LogP contribution is 2.19. The van der Waals surface area contributed by atoms with Crippen molar-refractivity contribution in [2.75, 3.05) is 25.0 Å². The molecule has 0 aromatic heterocycles. The molecule has 3 heteroatoms. The van der Waals surface area contributed by atoms with Crippen molar-refractivity contribution < 1.29 is 5.11 Å². The Morgan fingerprint density at radius 1 is 1.22 bits per heavy atom. The molecular formula is C15H24N2O. The highest BCUT2D eigenvalue weighted by Gasteiger charge is 2.19. The highest BCUT2D eigenvalue weighted by atomic mass is 16.3. The van der Waals surface area contributed by atoms with Crippen molar-refractivity contribution in [1.82, 2.24) is 4.90 Å². The summed E-state index contributed by atoms with van der Waals surface area (Å²) in [4.78, 5) is 2.56. The van der Waals surface area contributed by atoms with Crippen LogP contribution in [0.3, 0.4) is 0 Å². The summed E-state index contributed by atoms with van der Waals surface area (Å²) in [6.07, 6.45) is 2.40. The molecule has 0 bridgehead atoms. The first-order chi connectivity index (χ1) is 8.63. The molecule has 2 rings (SSSR count). The Morgan fingerprint density at radius 3 is 2.39 bits per heavy atom. The molecule has 18 heavy (non-hydrogen) atoms. The Balaban J connectivity index is 1.78. The number of benzene rings is 1. The molecule has 3 nitrogen and oxygen atoms in total. The van der Waals surface area contributed by atoms with E-state index in [9.17, 15) is 5.11 Å². The molecule has 1 aliphatic rings. The van der Waals surface area contributed by atoms with Crippen molar-refractivity contribution in [3.63, 3.8) is 0 Å². The van der Waals surface area contributed by atoms with E-state index in [1.165, 1.54) is 32.5 Å². The summed E-state index contributed by atoms with van der Waals surface area (Å²) in [6, 6.07) is 7.91. The fourth-order valence-electron chi connectivity index (χ4n) is 2.57. The van der Waals surface area contributed by atoms with Crippen molar-refractivity contribution in [2.45, 2.75) is 32.7 Å². The number of piperidine rings is 1. The molecule has 1 heterocycles. The van der Waals surface area contributed by atoms with E-state index in [1.54, 1.807) is 12.1 Å². The number of rotatable bonds is 4. The van der Waals surface area contributed by atoms with Gasteiger partial charge in [0.05, 0.1) is 0 Å². The quantitative estimate of drug-likeness (QED) is 0.804. The number of likely N-dealkylation sites (tertiary alicyclic amines) is 1. The number of phenols is 1. The summed E-state index contributed by atoms with van der Waals surface area (Å²) < 4.78 is 0. The molecule has 0 saturated carbocycles. The Labute approximate surface area is 110 Å². The van der Waals surface area contributed by atoms with Gasteiger partial charge in [-0.1, -0.05) is 13.8 Å². The largest absolute Gasteiger partial charge is 0.508 e. The third-order valence-corrected chi connectivity index (χ3v) is 3.45. The SMILES string of the molecule is CC(C)CN1CCC(Nc2ccc(O)cc2)CC1. The standard InChI is InChI=1S/C15H24N2O/c1-12(2)11-17-9-7-14(8-10-17)16-13-3-5-15(18)6-4-13/h3-6,12,14,16,18H,7-11H2,1-2H3. The second-order valence-corrected chi connectivity index (χ2v) is 5.66. The van der Waals surface area contributed by atoms with E-state index >= 15 is 0 Å². The molecule has 0 radical (unpaired) electrons. The van der Waals surface area contributed by atoms with Gasteiger partial charge in [0, 0.05) is 31.4 Å². The van der Waals surface area contributed by atoms with Crippen molar-refractivity contribution >= 4 is 5.69 Å². The van der Waals surface area contributed by atoms with Gasteiger partial charge in [0.25, 0.3) is 0 Å². The molecule has 0 unspecified atom stereocenters. The van der Waals surface area contributed by atoms with Gasteiger partial charge in [-0.25, -0.2) is 0 Å². The molecular weight excluding hydrogens is 224 g/mol. The first-order valence-corrected chi connectivity index (χ1v) is 6.91. The van der Waals surface area contributed by atoms with E-state index in [0.717, 1.165) is 11.6 Å². The maximum absolute atomic E-state index is 9.25. The summed E-state index contributed by atoms with van der Waals surface area (Å²) in [5, 5.41) is 12.8. The molecule has 0 spiro atoms. The van der Waals surface area contributed by atoms with E-state index in [4.69, 9.17) is 0 Å². The van der Waals surface area contributed by atoms with Crippen LogP contribution in [0, 0.1) is 5.92 Å². The summed E-state index contributed by atoms with van der Waals surface area (Å²) in [7, 11) is 0. The number of hydrogen-bond acceptors (Lipinski definition) is 3. The summed E-state index contributed by atoms with van der Waals surface area (Å²) in [5.41, 5.74) is 1.11. The first kappa shape index (κ1) is 13.2. The van der Waals surface area contributed by atoms with Gasteiger partial charge in [0.1, 0.15) is 5.75 Å². The highest BCUT2D eigenvalue weighted by molar-refractivity contribution is 5.46. The van der Waals surface area contributed by atoms with Crippen LogP contribution in [-0.4, -0.2) is 35.7 Å². The number of phenolic OH excluding ortho intramolecular Hbond substituents is 1. The third kappa shape index (κ3) is 3.91. The van der Waals surface area contributed by atoms with E-state index in [0.29, 0.717) is 11.8 Å². The Bertz CT molecular complexity index is 353. The lowest BCUT2D eigenvalue weighted by Crippen LogP contribution is -2.40. The number of aromatic hydroxyl groups is 1. The molecule has 1 saturated heterocycles. The number of nitrogens with zero attached hydrogens (tertiary/aromatic N) is 1. The van der Waals surface area contributed by atoms with Gasteiger partial charge in [0.15, 0.2) is 0 Å². The van der Waals surface area contributed by atoms with Crippen LogP contribution in [0.5, 0.6) is 5.75 Å². The topological polar surface area (TPSA) is 35.5 Å². The van der Waals surface area contributed by atoms with Crippen LogP contribution in [0.1, 0.15) is 26.7 Å². The summed E-state index contributed by atoms with van der Waals surface area (Å²) >= 11 is 0. The summed E-state index contributed by atoms with van der Waals surface area (Å²) in [6.45, 7) is 8.15. The third-order valence-electron chi connectivity index (χ3n) is 3.45. The second-order valence-electron chi connectivity index (χ2n) is 5.66. The fourth-order valence-corrected chi connectivity index (χ4v) is 2.57. The monoisotopic (exact) mass is 248 g/mol. The van der Waals surface area contributed by atoms with E-state index in [1.807, 2.05) is 12.1 Å². The van der Waals surface area contributed by atoms with E-state index in [2.05, 4.69) is 24.1 Å². The first-order valence-electron chi connectivity index (χ1n) is 6.91. The molecule has 1 aliphatic heterocycles. The average Bonchev–Trinajstić information content (AvgIpc) is 2.34. The minimum absolute atomic E-state index is 0.326. The minimum atomic E-state index is 0.326. The van der Waals surface area contributed by atoms with Gasteiger partial charge in [-0.2, -0.15) is 0 Å². The van der Waals surface area contributed by atoms with Crippen LogP contribution in [0.15, 0.2) is 24.3 Å². The average molecular weight is 248 g/mol. The van der Waals surface area contributed by atoms with Gasteiger partial charge in [-0.05, 0) is 43.0 Å². The Morgan fingerprint density at radius 2 is 1.83 bits per heavy atom. The Kier molecular flexibility index (Phi) is 4.48. The second kappa shape index (κ2) is 6.10. The predicted octanol–water partition coefficient (Wildman–Crippen LogP) is 2.92. The maximum Gasteiger partial charge on any atom is 0.115 e. The van der Waals surface area contributed by atoms with Gasteiger partial charge in [-0.3, -0.25) is 0 Å². The molecule has 100 valence electrons. The maximum atomic E-state index is 9.25. The molecule has 1 aromatic carbocycles. The normalized spacial score (nSPS) is 18.2. The number of hydrogen-bond donors (Lipinski definition) is 2. The lowest BCUT2D eigenvalue weighted by Gasteiger charge is -2.33. The van der Waals surface area contributed by atoms with Crippen LogP contribution >= 0.6 is 0 Å². The smallest absolute Gasteiger partial charge is 0.115 e. The van der Waals surface area contributed by atoms with Gasteiger partial charge in [-0.15, -0.1) is 0 Å². The zero-order valence-corrected chi connectivity index (χ0v) is 11.4. The molecule has 1 aromatic rings. The molecule has 0 amide bonds. The van der Waals surface area contributed by atoms with Crippen LogP contribution in [0.25, 0.3) is 0 Å². The molecule has 0 atom stereocenters. The lowest BCUT2D eigenvalue weighted by molar-refractivity contribution is 0.198.